The predicted molar refractivity (Wildman–Crippen MR) is 118 cm³/mol. The minimum atomic E-state index is -3.64. The first-order valence-corrected chi connectivity index (χ1v) is 13.0. The first kappa shape index (κ1) is 21.5. The minimum Gasteiger partial charge on any atom is -0.340 e. The van der Waals surface area contributed by atoms with Crippen molar-refractivity contribution in [2.75, 3.05) is 19.6 Å². The summed E-state index contributed by atoms with van der Waals surface area (Å²) in [6, 6.07) is 5.19. The summed E-state index contributed by atoms with van der Waals surface area (Å²) in [5.74, 6) is 0.0923. The highest BCUT2D eigenvalue weighted by molar-refractivity contribution is 7.89. The van der Waals surface area contributed by atoms with Crippen molar-refractivity contribution in [1.82, 2.24) is 13.8 Å². The molecular weight excluding hydrogens is 422 g/mol. The number of amides is 1. The molecule has 7 nitrogen and oxygen atoms in total. The lowest BCUT2D eigenvalue weighted by molar-refractivity contribution is -0.140. The number of aromatic nitrogens is 1. The third kappa shape index (κ3) is 3.83. The van der Waals surface area contributed by atoms with E-state index in [9.17, 15) is 18.0 Å². The van der Waals surface area contributed by atoms with Gasteiger partial charge in [-0.25, -0.2) is 8.42 Å². The third-order valence-electron chi connectivity index (χ3n) is 6.48. The fourth-order valence-corrected chi connectivity index (χ4v) is 7.22. The molecule has 0 aliphatic carbocycles. The molecule has 30 heavy (non-hydrogen) atoms. The van der Waals surface area contributed by atoms with Crippen LogP contribution in [0, 0.1) is 5.92 Å². The quantitative estimate of drug-likeness (QED) is 0.716. The second kappa shape index (κ2) is 8.43. The number of hydrogen-bond acceptors (Lipinski definition) is 5. The molecule has 1 amide bonds. The lowest BCUT2D eigenvalue weighted by Crippen LogP contribution is -2.48. The van der Waals surface area contributed by atoms with Crippen LogP contribution in [0.25, 0.3) is 10.2 Å². The molecule has 1 aromatic heterocycles. The van der Waals surface area contributed by atoms with Crippen LogP contribution in [0.2, 0.25) is 0 Å². The Labute approximate surface area is 181 Å². The van der Waals surface area contributed by atoms with E-state index in [1.165, 1.54) is 10.7 Å². The van der Waals surface area contributed by atoms with Crippen molar-refractivity contribution in [3.63, 3.8) is 0 Å². The summed E-state index contributed by atoms with van der Waals surface area (Å²) >= 11 is 1.07. The summed E-state index contributed by atoms with van der Waals surface area (Å²) in [5, 5.41) is 0. The Hall–Kier alpha value is -1.71. The van der Waals surface area contributed by atoms with E-state index in [0.29, 0.717) is 37.2 Å². The van der Waals surface area contributed by atoms with Gasteiger partial charge in [0.05, 0.1) is 15.1 Å². The molecule has 0 radical (unpaired) electrons. The van der Waals surface area contributed by atoms with Gasteiger partial charge in [-0.05, 0) is 64.2 Å². The number of benzene rings is 1. The van der Waals surface area contributed by atoms with Gasteiger partial charge in [-0.3, -0.25) is 14.2 Å². The van der Waals surface area contributed by atoms with Crippen molar-refractivity contribution in [2.24, 2.45) is 5.92 Å². The van der Waals surface area contributed by atoms with E-state index >= 15 is 0 Å². The van der Waals surface area contributed by atoms with Crippen molar-refractivity contribution in [1.29, 1.82) is 0 Å². The van der Waals surface area contributed by atoms with Crippen LogP contribution in [0.5, 0.6) is 0 Å². The van der Waals surface area contributed by atoms with Gasteiger partial charge < -0.3 is 4.90 Å². The molecule has 9 heteroatoms. The average molecular weight is 452 g/mol. The van der Waals surface area contributed by atoms with Gasteiger partial charge in [-0.1, -0.05) is 11.3 Å². The Balaban J connectivity index is 1.48. The summed E-state index contributed by atoms with van der Waals surface area (Å²) in [6.07, 6.45) is 4.39. The van der Waals surface area contributed by atoms with Gasteiger partial charge in [-0.2, -0.15) is 4.31 Å². The molecule has 2 aromatic rings. The van der Waals surface area contributed by atoms with E-state index < -0.39 is 10.0 Å². The topological polar surface area (TPSA) is 79.7 Å². The van der Waals surface area contributed by atoms with Gasteiger partial charge in [0, 0.05) is 38.1 Å². The highest BCUT2D eigenvalue weighted by atomic mass is 32.2. The van der Waals surface area contributed by atoms with Crippen LogP contribution < -0.4 is 4.87 Å². The molecule has 2 fully saturated rings. The lowest BCUT2D eigenvalue weighted by Gasteiger charge is -2.38. The minimum absolute atomic E-state index is 0.0756. The normalized spacial score (nSPS) is 21.9. The summed E-state index contributed by atoms with van der Waals surface area (Å²) in [5.41, 5.74) is 0.770. The van der Waals surface area contributed by atoms with Crippen molar-refractivity contribution >= 4 is 37.5 Å². The van der Waals surface area contributed by atoms with Gasteiger partial charge >= 0.3 is 4.87 Å². The highest BCUT2D eigenvalue weighted by Gasteiger charge is 2.35. The fourth-order valence-electron chi connectivity index (χ4n) is 4.66. The van der Waals surface area contributed by atoms with Gasteiger partial charge in [0.15, 0.2) is 0 Å². The van der Waals surface area contributed by atoms with E-state index in [1.807, 2.05) is 11.8 Å². The van der Waals surface area contributed by atoms with E-state index in [-0.39, 0.29) is 27.6 Å². The number of fused-ring (bicyclic) bond motifs is 1. The molecule has 2 aliphatic heterocycles. The number of carbonyl (C=O) groups excluding carboxylic acids is 1. The zero-order valence-electron chi connectivity index (χ0n) is 17.5. The Morgan fingerprint density at radius 3 is 2.53 bits per heavy atom. The average Bonchev–Trinajstić information content (AvgIpc) is 3.07. The van der Waals surface area contributed by atoms with Crippen LogP contribution in [-0.4, -0.2) is 53.8 Å². The molecule has 3 heterocycles. The summed E-state index contributed by atoms with van der Waals surface area (Å²) in [7, 11) is -3.64. The van der Waals surface area contributed by atoms with Crippen molar-refractivity contribution in [3.05, 3.63) is 27.9 Å². The summed E-state index contributed by atoms with van der Waals surface area (Å²) in [6.45, 7) is 6.08. The Bertz CT molecular complexity index is 1100. The van der Waals surface area contributed by atoms with E-state index in [0.717, 1.165) is 36.2 Å². The molecule has 0 unspecified atom stereocenters. The van der Waals surface area contributed by atoms with Crippen molar-refractivity contribution in [2.45, 2.75) is 63.4 Å². The van der Waals surface area contributed by atoms with Crippen LogP contribution in [0.4, 0.5) is 0 Å². The number of piperidine rings is 2. The molecule has 0 N–H and O–H groups in total. The van der Waals surface area contributed by atoms with Crippen LogP contribution in [-0.2, 0) is 21.4 Å². The third-order valence-corrected chi connectivity index (χ3v) is 9.32. The number of carbonyl (C=O) groups is 1. The molecule has 4 rings (SSSR count). The molecule has 1 aromatic carbocycles. The maximum Gasteiger partial charge on any atom is 0.308 e. The number of hydrogen-bond donors (Lipinski definition) is 0. The van der Waals surface area contributed by atoms with Gasteiger partial charge in [0.2, 0.25) is 15.9 Å². The predicted octanol–water partition coefficient (Wildman–Crippen LogP) is 2.88. The van der Waals surface area contributed by atoms with Gasteiger partial charge in [0.1, 0.15) is 0 Å². The Morgan fingerprint density at radius 1 is 1.13 bits per heavy atom. The maximum atomic E-state index is 13.2. The number of nitrogens with zero attached hydrogens (tertiary/aromatic N) is 3. The van der Waals surface area contributed by atoms with E-state index in [2.05, 4.69) is 6.92 Å². The first-order valence-electron chi connectivity index (χ1n) is 10.8. The van der Waals surface area contributed by atoms with Crippen LogP contribution in [0.1, 0.15) is 46.0 Å². The SMILES string of the molecule is CCn1c(=O)sc2cc(S(=O)(=O)N3CCC(C(=O)N4CCCC[C@H]4C)CC3)ccc21. The van der Waals surface area contributed by atoms with Gasteiger partial charge in [0.25, 0.3) is 0 Å². The molecule has 1 atom stereocenters. The molecule has 0 saturated carbocycles. The Morgan fingerprint density at radius 2 is 1.87 bits per heavy atom. The summed E-state index contributed by atoms with van der Waals surface area (Å²) in [4.78, 5) is 27.1. The Kier molecular flexibility index (Phi) is 6.05. The molecular formula is C21H29N3O4S2. The molecule has 2 aliphatic rings. The molecule has 0 bridgehead atoms. The number of likely N-dealkylation sites (tertiary alicyclic amines) is 1. The van der Waals surface area contributed by atoms with E-state index in [4.69, 9.17) is 0 Å². The zero-order chi connectivity index (χ0) is 21.5. The monoisotopic (exact) mass is 451 g/mol. The molecule has 164 valence electrons. The maximum absolute atomic E-state index is 13.2. The number of rotatable bonds is 4. The van der Waals surface area contributed by atoms with Crippen LogP contribution in [0.3, 0.4) is 0 Å². The van der Waals surface area contributed by atoms with Gasteiger partial charge in [-0.15, -0.1) is 0 Å². The smallest absolute Gasteiger partial charge is 0.308 e. The largest absolute Gasteiger partial charge is 0.340 e. The van der Waals surface area contributed by atoms with Crippen LogP contribution >= 0.6 is 11.3 Å². The summed E-state index contributed by atoms with van der Waals surface area (Å²) < 4.78 is 30.2. The fraction of sp³-hybridized carbons (Fsp3) is 0.619. The molecule has 2 saturated heterocycles. The first-order chi connectivity index (χ1) is 14.3. The van der Waals surface area contributed by atoms with Crippen molar-refractivity contribution < 1.29 is 13.2 Å². The standard InChI is InChI=1S/C21H29N3O4S2/c1-3-23-18-8-7-17(14-19(18)29-21(23)26)30(27,28)22-12-9-16(10-13-22)20(25)24-11-5-4-6-15(24)2/h7-8,14-16H,3-6,9-13H2,1-2H3/t15-/m1/s1. The zero-order valence-corrected chi connectivity index (χ0v) is 19.2. The molecule has 0 spiro atoms. The number of thiazole rings is 1. The lowest BCUT2D eigenvalue weighted by atomic mass is 9.94. The second-order valence-corrected chi connectivity index (χ2v) is 11.2. The number of sulfonamides is 1. The second-order valence-electron chi connectivity index (χ2n) is 8.30. The van der Waals surface area contributed by atoms with Crippen molar-refractivity contribution in [3.8, 4) is 0 Å². The number of aryl methyl sites for hydroxylation is 1. The van der Waals surface area contributed by atoms with E-state index in [1.54, 1.807) is 22.8 Å². The van der Waals surface area contributed by atoms with Crippen LogP contribution in [0.15, 0.2) is 27.9 Å². The highest BCUT2D eigenvalue weighted by Crippen LogP contribution is 2.29.